The molecule has 1 aliphatic rings. The Kier molecular flexibility index (Phi) is 4.09. The zero-order valence-electron chi connectivity index (χ0n) is 10.9. The van der Waals surface area contributed by atoms with Crippen molar-refractivity contribution in [1.29, 1.82) is 0 Å². The van der Waals surface area contributed by atoms with Crippen molar-refractivity contribution in [1.82, 2.24) is 14.6 Å². The largest absolute Gasteiger partial charge is 0.352 e. The van der Waals surface area contributed by atoms with Crippen LogP contribution < -0.4 is 10.0 Å². The van der Waals surface area contributed by atoms with Gasteiger partial charge in [0.2, 0.25) is 10.0 Å². The summed E-state index contributed by atoms with van der Waals surface area (Å²) in [6.45, 7) is 1.21. The molecule has 1 aromatic heterocycles. The molecule has 1 saturated carbocycles. The summed E-state index contributed by atoms with van der Waals surface area (Å²) in [4.78, 5) is 0.353. The molecule has 6 heteroatoms. The molecule has 1 aromatic rings. The first-order valence-corrected chi connectivity index (χ1v) is 7.81. The molecule has 0 unspecified atom stereocenters. The molecule has 5 nitrogen and oxygen atoms in total. The second-order valence-corrected chi connectivity index (χ2v) is 6.71. The molecule has 102 valence electrons. The lowest BCUT2D eigenvalue weighted by atomic mass is 10.3. The van der Waals surface area contributed by atoms with Crippen LogP contribution in [-0.2, 0) is 23.6 Å². The van der Waals surface area contributed by atoms with E-state index in [1.165, 1.54) is 12.8 Å². The lowest BCUT2D eigenvalue weighted by Crippen LogP contribution is -2.24. The highest BCUT2D eigenvalue weighted by molar-refractivity contribution is 7.89. The van der Waals surface area contributed by atoms with Gasteiger partial charge in [-0.2, -0.15) is 0 Å². The highest BCUT2D eigenvalue weighted by Gasteiger charge is 2.22. The predicted molar refractivity (Wildman–Crippen MR) is 70.7 cm³/mol. The smallest absolute Gasteiger partial charge is 0.242 e. The van der Waals surface area contributed by atoms with Gasteiger partial charge in [-0.05, 0) is 25.5 Å². The first-order valence-electron chi connectivity index (χ1n) is 6.32. The molecule has 0 amide bonds. The Hall–Kier alpha value is -0.850. The number of aryl methyl sites for hydroxylation is 1. The van der Waals surface area contributed by atoms with Crippen LogP contribution in [0.15, 0.2) is 17.2 Å². The molecule has 0 aliphatic heterocycles. The van der Waals surface area contributed by atoms with E-state index in [-0.39, 0.29) is 0 Å². The van der Waals surface area contributed by atoms with Crippen LogP contribution in [0, 0.1) is 5.92 Å². The highest BCUT2D eigenvalue weighted by Crippen LogP contribution is 2.31. The Morgan fingerprint density at radius 2 is 2.17 bits per heavy atom. The summed E-state index contributed by atoms with van der Waals surface area (Å²) in [6.07, 6.45) is 5.11. The van der Waals surface area contributed by atoms with Gasteiger partial charge in [-0.15, -0.1) is 0 Å². The van der Waals surface area contributed by atoms with E-state index >= 15 is 0 Å². The molecule has 2 rings (SSSR count). The van der Waals surface area contributed by atoms with Crippen LogP contribution in [-0.4, -0.2) is 26.6 Å². The van der Waals surface area contributed by atoms with Crippen LogP contribution in [0.2, 0.25) is 0 Å². The number of hydrogen-bond donors (Lipinski definition) is 2. The number of rotatable bonds is 7. The lowest BCUT2D eigenvalue weighted by Gasteiger charge is -2.03. The molecular weight excluding hydrogens is 250 g/mol. The van der Waals surface area contributed by atoms with Crippen molar-refractivity contribution in [2.75, 3.05) is 13.6 Å². The average Bonchev–Trinajstić information content (AvgIpc) is 3.04. The quantitative estimate of drug-likeness (QED) is 0.772. The summed E-state index contributed by atoms with van der Waals surface area (Å²) >= 11 is 0. The molecule has 1 heterocycles. The normalized spacial score (nSPS) is 16.1. The van der Waals surface area contributed by atoms with Crippen molar-refractivity contribution in [2.24, 2.45) is 13.0 Å². The second-order valence-electron chi connectivity index (χ2n) is 4.94. The van der Waals surface area contributed by atoms with Gasteiger partial charge in [0.05, 0.1) is 4.90 Å². The molecule has 2 N–H and O–H groups in total. The maximum absolute atomic E-state index is 12.1. The standard InChI is InChI=1S/C12H21N3O2S/c1-13-8-11-7-12(9-15(11)2)18(16,17)14-6-5-10-3-4-10/h7,9-10,13-14H,3-6,8H2,1-2H3. The number of nitrogens with one attached hydrogen (secondary N) is 2. The van der Waals surface area contributed by atoms with Gasteiger partial charge in [-0.3, -0.25) is 0 Å². The molecule has 1 aliphatic carbocycles. The van der Waals surface area contributed by atoms with Crippen LogP contribution >= 0.6 is 0 Å². The molecule has 0 radical (unpaired) electrons. The highest BCUT2D eigenvalue weighted by atomic mass is 32.2. The summed E-state index contributed by atoms with van der Waals surface area (Å²) in [6, 6.07) is 1.72. The first kappa shape index (κ1) is 13.6. The molecular formula is C12H21N3O2S. The summed E-state index contributed by atoms with van der Waals surface area (Å²) in [5.74, 6) is 0.739. The predicted octanol–water partition coefficient (Wildman–Crippen LogP) is 0.823. The molecule has 1 fully saturated rings. The van der Waals surface area contributed by atoms with Crippen LogP contribution in [0.25, 0.3) is 0 Å². The van der Waals surface area contributed by atoms with E-state index in [2.05, 4.69) is 10.0 Å². The minimum absolute atomic E-state index is 0.353. The van der Waals surface area contributed by atoms with Crippen molar-refractivity contribution in [2.45, 2.75) is 30.7 Å². The van der Waals surface area contributed by atoms with Crippen molar-refractivity contribution in [3.05, 3.63) is 18.0 Å². The zero-order chi connectivity index (χ0) is 13.2. The Balaban J connectivity index is 2.00. The van der Waals surface area contributed by atoms with Crippen molar-refractivity contribution >= 4 is 10.0 Å². The molecule has 0 aromatic carbocycles. The van der Waals surface area contributed by atoms with Crippen molar-refractivity contribution in [3.63, 3.8) is 0 Å². The third kappa shape index (κ3) is 3.34. The SMILES string of the molecule is CNCc1cc(S(=O)(=O)NCCC2CC2)cn1C. The van der Waals surface area contributed by atoms with Crippen LogP contribution in [0.4, 0.5) is 0 Å². The molecule has 0 saturated heterocycles. The van der Waals surface area contributed by atoms with E-state index in [1.807, 2.05) is 18.7 Å². The van der Waals surface area contributed by atoms with E-state index in [4.69, 9.17) is 0 Å². The van der Waals surface area contributed by atoms with Crippen molar-refractivity contribution < 1.29 is 8.42 Å². The van der Waals surface area contributed by atoms with E-state index in [1.54, 1.807) is 12.3 Å². The van der Waals surface area contributed by atoms with E-state index in [0.29, 0.717) is 18.0 Å². The maximum atomic E-state index is 12.1. The van der Waals surface area contributed by atoms with Gasteiger partial charge < -0.3 is 9.88 Å². The van der Waals surface area contributed by atoms with Gasteiger partial charge >= 0.3 is 0 Å². The number of aromatic nitrogens is 1. The summed E-state index contributed by atoms with van der Waals surface area (Å²) < 4.78 is 28.6. The monoisotopic (exact) mass is 271 g/mol. The van der Waals surface area contributed by atoms with Crippen LogP contribution in [0.5, 0.6) is 0 Å². The minimum atomic E-state index is -3.35. The van der Waals surface area contributed by atoms with Gasteiger partial charge in [0.15, 0.2) is 0 Å². The molecule has 0 spiro atoms. The van der Waals surface area contributed by atoms with Crippen molar-refractivity contribution in [3.8, 4) is 0 Å². The second kappa shape index (κ2) is 5.42. The Labute approximate surface area is 109 Å². The molecule has 0 atom stereocenters. The van der Waals surface area contributed by atoms with Gasteiger partial charge in [0, 0.05) is 32.0 Å². The van der Waals surface area contributed by atoms with E-state index in [0.717, 1.165) is 18.0 Å². The first-order chi connectivity index (χ1) is 8.53. The zero-order valence-corrected chi connectivity index (χ0v) is 11.8. The Morgan fingerprint density at radius 3 is 2.78 bits per heavy atom. The van der Waals surface area contributed by atoms with Gasteiger partial charge in [-0.1, -0.05) is 12.8 Å². The van der Waals surface area contributed by atoms with Gasteiger partial charge in [0.1, 0.15) is 0 Å². The minimum Gasteiger partial charge on any atom is -0.352 e. The topological polar surface area (TPSA) is 63.1 Å². The van der Waals surface area contributed by atoms with E-state index in [9.17, 15) is 8.42 Å². The lowest BCUT2D eigenvalue weighted by molar-refractivity contribution is 0.575. The third-order valence-electron chi connectivity index (χ3n) is 3.29. The third-order valence-corrected chi connectivity index (χ3v) is 4.72. The van der Waals surface area contributed by atoms with Gasteiger partial charge in [0.25, 0.3) is 0 Å². The van der Waals surface area contributed by atoms with Gasteiger partial charge in [-0.25, -0.2) is 13.1 Å². The molecule has 0 bridgehead atoms. The molecule has 18 heavy (non-hydrogen) atoms. The van der Waals surface area contributed by atoms with E-state index < -0.39 is 10.0 Å². The number of hydrogen-bond acceptors (Lipinski definition) is 3. The summed E-state index contributed by atoms with van der Waals surface area (Å²) in [7, 11) is 0.353. The Morgan fingerprint density at radius 1 is 1.44 bits per heavy atom. The Bertz CT molecular complexity index is 503. The fraction of sp³-hybridized carbons (Fsp3) is 0.667. The fourth-order valence-corrected chi connectivity index (χ4v) is 3.11. The average molecular weight is 271 g/mol. The van der Waals surface area contributed by atoms with Crippen LogP contribution in [0.1, 0.15) is 25.0 Å². The summed E-state index contributed by atoms with van der Waals surface area (Å²) in [5.41, 5.74) is 0.958. The maximum Gasteiger partial charge on any atom is 0.242 e. The summed E-state index contributed by atoms with van der Waals surface area (Å²) in [5, 5.41) is 3.02. The number of nitrogens with zero attached hydrogens (tertiary/aromatic N) is 1. The number of sulfonamides is 1. The fourth-order valence-electron chi connectivity index (χ4n) is 1.97. The van der Waals surface area contributed by atoms with Crippen LogP contribution in [0.3, 0.4) is 0 Å².